The number of amides is 3. The van der Waals surface area contributed by atoms with Crippen LogP contribution < -0.4 is 10.0 Å². The van der Waals surface area contributed by atoms with E-state index >= 15 is 0 Å². The van der Waals surface area contributed by atoms with Gasteiger partial charge in [-0.2, -0.15) is 12.6 Å². The maximum Gasteiger partial charge on any atom is 0.264 e. The first-order valence-electron chi connectivity index (χ1n) is 13.7. The Balaban J connectivity index is 1.68. The summed E-state index contributed by atoms with van der Waals surface area (Å²) in [7, 11) is -4.10. The smallest absolute Gasteiger partial charge is 0.264 e. The molecule has 0 aliphatic rings. The Morgan fingerprint density at radius 3 is 2.29 bits per heavy atom. The number of nitrogens with one attached hydrogen (secondary N) is 2. The highest BCUT2D eigenvalue weighted by atomic mass is 35.5. The molecule has 0 spiro atoms. The van der Waals surface area contributed by atoms with Gasteiger partial charge < -0.3 is 10.2 Å². The fourth-order valence-electron chi connectivity index (χ4n) is 4.44. The molecule has 3 aromatic carbocycles. The van der Waals surface area contributed by atoms with E-state index in [-0.39, 0.29) is 46.5 Å². The van der Waals surface area contributed by atoms with E-state index in [9.17, 15) is 22.8 Å². The molecule has 0 aliphatic heterocycles. The Bertz CT molecular complexity index is 1500. The van der Waals surface area contributed by atoms with Gasteiger partial charge in [0, 0.05) is 60.8 Å². The average Bonchev–Trinajstić information content (AvgIpc) is 2.94. The van der Waals surface area contributed by atoms with Crippen LogP contribution in [0.5, 0.6) is 0 Å². The van der Waals surface area contributed by atoms with Gasteiger partial charge in [0.1, 0.15) is 0 Å². The second-order valence-corrected chi connectivity index (χ2v) is 12.7. The van der Waals surface area contributed by atoms with E-state index in [1.54, 1.807) is 41.3 Å². The van der Waals surface area contributed by atoms with Crippen LogP contribution >= 0.6 is 24.2 Å². The summed E-state index contributed by atoms with van der Waals surface area (Å²) in [6.07, 6.45) is 1.88. The molecule has 11 heteroatoms. The summed E-state index contributed by atoms with van der Waals surface area (Å²) >= 11 is 11.2. The van der Waals surface area contributed by atoms with E-state index in [4.69, 9.17) is 11.6 Å². The molecule has 0 radical (unpaired) electrons. The van der Waals surface area contributed by atoms with Gasteiger partial charge in [-0.3, -0.25) is 14.4 Å². The molecule has 0 aromatic heterocycles. The van der Waals surface area contributed by atoms with Crippen molar-refractivity contribution in [2.75, 3.05) is 13.1 Å². The molecule has 0 bridgehead atoms. The number of sulfonamides is 1. The molecule has 0 heterocycles. The zero-order chi connectivity index (χ0) is 30.7. The normalized spacial score (nSPS) is 11.9. The van der Waals surface area contributed by atoms with Gasteiger partial charge >= 0.3 is 0 Å². The number of hydrogen-bond acceptors (Lipinski definition) is 6. The molecular formula is C31H36ClN3O5S2. The first-order chi connectivity index (χ1) is 20.0. The molecule has 8 nitrogen and oxygen atoms in total. The van der Waals surface area contributed by atoms with Crippen LogP contribution in [0.15, 0.2) is 77.7 Å². The third-order valence-corrected chi connectivity index (χ3v) is 8.60. The van der Waals surface area contributed by atoms with Crippen molar-refractivity contribution in [2.24, 2.45) is 0 Å². The van der Waals surface area contributed by atoms with E-state index in [0.717, 1.165) is 24.5 Å². The SMILES string of the molecule is CCCC(=O)N(CCC(=O)NCC(S)Cc1ccccc1)Cc1ccc(-c2ccccc2S(=O)(=O)NC(C)=O)c(Cl)c1. The zero-order valence-electron chi connectivity index (χ0n) is 23.7. The van der Waals surface area contributed by atoms with Crippen molar-refractivity contribution in [3.8, 4) is 11.1 Å². The Morgan fingerprint density at radius 2 is 1.62 bits per heavy atom. The predicted octanol–water partition coefficient (Wildman–Crippen LogP) is 5.01. The maximum atomic E-state index is 12.9. The standard InChI is InChI=1S/C31H36ClN3O5S2/c1-3-9-31(38)35(17-16-30(37)33-20-25(41)18-23-10-5-4-6-11-23)21-24-14-15-26(28(32)19-24)27-12-7-8-13-29(27)42(39,40)34-22(2)36/h4-8,10-15,19,25,41H,3,9,16-18,20-21H2,1-2H3,(H,33,37)(H,34,36). The highest BCUT2D eigenvalue weighted by molar-refractivity contribution is 7.90. The highest BCUT2D eigenvalue weighted by Gasteiger charge is 2.22. The summed E-state index contributed by atoms with van der Waals surface area (Å²) in [6.45, 7) is 3.93. The van der Waals surface area contributed by atoms with Crippen LogP contribution in [0.3, 0.4) is 0 Å². The van der Waals surface area contributed by atoms with Crippen LogP contribution in [-0.4, -0.2) is 49.4 Å². The van der Waals surface area contributed by atoms with Crippen LogP contribution in [0, 0.1) is 0 Å². The summed E-state index contributed by atoms with van der Waals surface area (Å²) in [4.78, 5) is 38.5. The van der Waals surface area contributed by atoms with Crippen LogP contribution in [0.2, 0.25) is 5.02 Å². The summed E-state index contributed by atoms with van der Waals surface area (Å²) in [5.41, 5.74) is 2.68. The first-order valence-corrected chi connectivity index (χ1v) is 16.1. The molecule has 1 atom stereocenters. The molecule has 0 saturated carbocycles. The van der Waals surface area contributed by atoms with Crippen LogP contribution in [0.1, 0.15) is 44.2 Å². The Morgan fingerprint density at radius 1 is 0.929 bits per heavy atom. The number of rotatable bonds is 14. The van der Waals surface area contributed by atoms with Crippen molar-refractivity contribution in [3.05, 3.63) is 88.9 Å². The monoisotopic (exact) mass is 629 g/mol. The fraction of sp³-hybridized carbons (Fsp3) is 0.323. The molecule has 2 N–H and O–H groups in total. The molecule has 3 aromatic rings. The lowest BCUT2D eigenvalue weighted by atomic mass is 10.0. The summed E-state index contributed by atoms with van der Waals surface area (Å²) in [5.74, 6) is -0.940. The second kappa shape index (κ2) is 15.8. The van der Waals surface area contributed by atoms with E-state index in [1.165, 1.54) is 6.07 Å². The topological polar surface area (TPSA) is 113 Å². The zero-order valence-corrected chi connectivity index (χ0v) is 26.1. The van der Waals surface area contributed by atoms with Crippen LogP contribution in [0.25, 0.3) is 11.1 Å². The molecule has 0 fully saturated rings. The molecule has 1 unspecified atom stereocenters. The van der Waals surface area contributed by atoms with Crippen LogP contribution in [-0.2, 0) is 37.4 Å². The minimum Gasteiger partial charge on any atom is -0.355 e. The van der Waals surface area contributed by atoms with Crippen molar-refractivity contribution >= 4 is 52.0 Å². The second-order valence-electron chi connectivity index (χ2n) is 9.93. The van der Waals surface area contributed by atoms with E-state index < -0.39 is 15.9 Å². The van der Waals surface area contributed by atoms with Gasteiger partial charge in [-0.25, -0.2) is 13.1 Å². The Kier molecular flexibility index (Phi) is 12.4. The van der Waals surface area contributed by atoms with Crippen molar-refractivity contribution < 1.29 is 22.8 Å². The quantitative estimate of drug-likeness (QED) is 0.217. The largest absolute Gasteiger partial charge is 0.355 e. The molecule has 0 saturated heterocycles. The number of benzene rings is 3. The fourth-order valence-corrected chi connectivity index (χ4v) is 6.26. The minimum absolute atomic E-state index is 0.0341. The number of thiol groups is 1. The molecule has 224 valence electrons. The highest BCUT2D eigenvalue weighted by Crippen LogP contribution is 2.33. The molecular weight excluding hydrogens is 594 g/mol. The Hall–Kier alpha value is -3.34. The van der Waals surface area contributed by atoms with Crippen molar-refractivity contribution in [1.29, 1.82) is 0 Å². The van der Waals surface area contributed by atoms with Gasteiger partial charge in [-0.1, -0.05) is 79.2 Å². The minimum atomic E-state index is -4.10. The Labute approximate surface area is 258 Å². The number of nitrogens with zero attached hydrogens (tertiary/aromatic N) is 1. The van der Waals surface area contributed by atoms with Gasteiger partial charge in [0.25, 0.3) is 10.0 Å². The first kappa shape index (κ1) is 33.2. The average molecular weight is 630 g/mol. The van der Waals surface area contributed by atoms with Crippen molar-refractivity contribution in [3.63, 3.8) is 0 Å². The third kappa shape index (κ3) is 9.89. The van der Waals surface area contributed by atoms with Crippen molar-refractivity contribution in [1.82, 2.24) is 14.9 Å². The van der Waals surface area contributed by atoms with Gasteiger partial charge in [0.15, 0.2) is 0 Å². The number of carbonyl (C=O) groups excluding carboxylic acids is 3. The predicted molar refractivity (Wildman–Crippen MR) is 169 cm³/mol. The molecule has 3 rings (SSSR count). The van der Waals surface area contributed by atoms with Gasteiger partial charge in [-0.05, 0) is 36.1 Å². The lowest BCUT2D eigenvalue weighted by molar-refractivity contribution is -0.132. The van der Waals surface area contributed by atoms with Crippen LogP contribution in [0.4, 0.5) is 0 Å². The lowest BCUT2D eigenvalue weighted by Gasteiger charge is -2.23. The number of hydrogen-bond donors (Lipinski definition) is 3. The summed E-state index contributed by atoms with van der Waals surface area (Å²) < 4.78 is 27.5. The number of carbonyl (C=O) groups is 3. The summed E-state index contributed by atoms with van der Waals surface area (Å²) in [5, 5.41) is 3.16. The van der Waals surface area contributed by atoms with Gasteiger partial charge in [0.05, 0.1) is 4.90 Å². The molecule has 3 amide bonds. The van der Waals surface area contributed by atoms with Gasteiger partial charge in [0.2, 0.25) is 17.7 Å². The van der Waals surface area contributed by atoms with Crippen molar-refractivity contribution in [2.45, 2.75) is 56.2 Å². The maximum absolute atomic E-state index is 12.9. The van der Waals surface area contributed by atoms with Gasteiger partial charge in [-0.15, -0.1) is 0 Å². The summed E-state index contributed by atoms with van der Waals surface area (Å²) in [6, 6.07) is 21.3. The lowest BCUT2D eigenvalue weighted by Crippen LogP contribution is -2.36. The number of halogens is 1. The van der Waals surface area contributed by atoms with E-state index in [2.05, 4.69) is 17.9 Å². The van der Waals surface area contributed by atoms with E-state index in [0.29, 0.717) is 30.5 Å². The van der Waals surface area contributed by atoms with E-state index in [1.807, 2.05) is 42.0 Å². The molecule has 0 aliphatic carbocycles. The third-order valence-electron chi connectivity index (χ3n) is 6.43. The molecule has 42 heavy (non-hydrogen) atoms.